The zero-order valence-corrected chi connectivity index (χ0v) is 20.2. The summed E-state index contributed by atoms with van der Waals surface area (Å²) in [4.78, 5) is 0. The Morgan fingerprint density at radius 3 is 1.21 bits per heavy atom. The molecule has 0 aliphatic carbocycles. The minimum atomic E-state index is 0. The van der Waals surface area contributed by atoms with Crippen molar-refractivity contribution in [2.24, 2.45) is 0 Å². The third-order valence-electron chi connectivity index (χ3n) is 3.47. The van der Waals surface area contributed by atoms with Crippen LogP contribution >= 0.6 is 12.4 Å². The first-order valence-corrected chi connectivity index (χ1v) is 7.96. The van der Waals surface area contributed by atoms with Gasteiger partial charge in [0, 0.05) is 10.2 Å². The summed E-state index contributed by atoms with van der Waals surface area (Å²) >= 11 is 0. The Hall–Kier alpha value is -0.690. The van der Waals surface area contributed by atoms with E-state index in [1.54, 1.807) is 0 Å². The van der Waals surface area contributed by atoms with Crippen molar-refractivity contribution in [1.82, 2.24) is 0 Å². The topological polar surface area (TPSA) is 0 Å². The number of hydrogen-bond donors (Lipinski definition) is 0. The van der Waals surface area contributed by atoms with Crippen LogP contribution in [0.5, 0.6) is 0 Å². The van der Waals surface area contributed by atoms with Gasteiger partial charge in [-0.25, -0.2) is 12.1 Å². The molecule has 0 nitrogen and oxygen atoms in total. The molecule has 0 aliphatic heterocycles. The fourth-order valence-electron chi connectivity index (χ4n) is 1.68. The summed E-state index contributed by atoms with van der Waals surface area (Å²) in [7, 11) is 1.90. The Bertz CT molecular complexity index is 555. The van der Waals surface area contributed by atoms with Crippen LogP contribution in [0.4, 0.5) is 0 Å². The maximum atomic E-state index is 2.12. The molecule has 0 bridgehead atoms. The number of benzene rings is 1. The first-order chi connectivity index (χ1) is 10.0. The smallest absolute Gasteiger partial charge is 0.358 e. The molecule has 2 radical (unpaired) electrons. The molecule has 3 aromatic carbocycles. The molecule has 0 saturated heterocycles. The van der Waals surface area contributed by atoms with Crippen molar-refractivity contribution in [3.63, 3.8) is 0 Å². The van der Waals surface area contributed by atoms with Gasteiger partial charge >= 0.3 is 26.2 Å². The number of aryl methyl sites for hydroxylation is 4. The van der Waals surface area contributed by atoms with Crippen LogP contribution < -0.4 is 5.19 Å². The zero-order chi connectivity index (χ0) is 15.7. The van der Waals surface area contributed by atoms with Crippen LogP contribution in [0.15, 0.2) is 66.7 Å². The molecule has 24 heavy (non-hydrogen) atoms. The van der Waals surface area contributed by atoms with E-state index in [9.17, 15) is 0 Å². The second kappa shape index (κ2) is 15.8. The Kier molecular flexibility index (Phi) is 18.5. The summed E-state index contributed by atoms with van der Waals surface area (Å²) in [6.45, 7) is 8.48. The molecule has 0 aromatic heterocycles. The van der Waals surface area contributed by atoms with Gasteiger partial charge in [0.2, 0.25) is 0 Å². The van der Waals surface area contributed by atoms with Crippen molar-refractivity contribution >= 4 is 27.8 Å². The van der Waals surface area contributed by atoms with Crippen molar-refractivity contribution in [2.45, 2.75) is 27.7 Å². The van der Waals surface area contributed by atoms with Gasteiger partial charge in [-0.3, -0.25) is 0 Å². The van der Waals surface area contributed by atoms with E-state index in [1.165, 1.54) is 27.4 Å². The van der Waals surface area contributed by atoms with Gasteiger partial charge in [0.15, 0.2) is 0 Å². The van der Waals surface area contributed by atoms with E-state index in [-0.39, 0.29) is 46.0 Å². The van der Waals surface area contributed by atoms with Crippen molar-refractivity contribution in [2.75, 3.05) is 0 Å². The predicted octanol–water partition coefficient (Wildman–Crippen LogP) is 4.86. The first kappa shape index (κ1) is 28.1. The molecule has 0 spiro atoms. The van der Waals surface area contributed by atoms with Gasteiger partial charge in [-0.2, -0.15) is 46.5 Å². The molecule has 0 unspecified atom stereocenters. The zero-order valence-electron chi connectivity index (χ0n) is 15.5. The Morgan fingerprint density at radius 1 is 0.708 bits per heavy atom. The monoisotopic (exact) mass is 434 g/mol. The molecule has 3 heteroatoms. The number of rotatable bonds is 0. The molecule has 3 aromatic rings. The largest absolute Gasteiger partial charge is 3.00 e. The second-order valence-electron chi connectivity index (χ2n) is 5.27. The maximum absolute atomic E-state index is 2.12. The number of halogens is 1. The van der Waals surface area contributed by atoms with Crippen molar-refractivity contribution in [3.05, 3.63) is 96.4 Å². The molecule has 0 heterocycles. The van der Waals surface area contributed by atoms with E-state index in [2.05, 4.69) is 76.2 Å². The SMILES string of the molecule is Cc1cc[cH-]c1C.Cc1cc[cH-]c1C.Cl.[CH3-].[SiH2]c1ccccc1.[Zr+3]. The van der Waals surface area contributed by atoms with Crippen LogP contribution in [-0.4, -0.2) is 10.2 Å². The van der Waals surface area contributed by atoms with E-state index in [4.69, 9.17) is 0 Å². The van der Waals surface area contributed by atoms with E-state index in [1.807, 2.05) is 28.4 Å². The van der Waals surface area contributed by atoms with Gasteiger partial charge in [-0.15, -0.1) is 12.4 Å². The van der Waals surface area contributed by atoms with Crippen molar-refractivity contribution in [1.29, 1.82) is 0 Å². The first-order valence-electron chi connectivity index (χ1n) is 7.25. The number of hydrogen-bond acceptors (Lipinski definition) is 0. The quantitative estimate of drug-likeness (QED) is 0.349. The average molecular weight is 436 g/mol. The van der Waals surface area contributed by atoms with Gasteiger partial charge in [0.1, 0.15) is 0 Å². The van der Waals surface area contributed by atoms with E-state index in [0.717, 1.165) is 0 Å². The van der Waals surface area contributed by atoms with Gasteiger partial charge in [-0.05, 0) is 0 Å². The third-order valence-corrected chi connectivity index (χ3v) is 3.94. The molecule has 0 N–H and O–H groups in total. The summed E-state index contributed by atoms with van der Waals surface area (Å²) in [5.74, 6) is 0. The van der Waals surface area contributed by atoms with Crippen LogP contribution in [0.1, 0.15) is 22.3 Å². The van der Waals surface area contributed by atoms with Gasteiger partial charge < -0.3 is 7.43 Å². The Morgan fingerprint density at radius 2 is 1.08 bits per heavy atom. The van der Waals surface area contributed by atoms with E-state index >= 15 is 0 Å². The molecule has 128 valence electrons. The summed E-state index contributed by atoms with van der Waals surface area (Å²) in [5.41, 5.74) is 5.56. The van der Waals surface area contributed by atoms with E-state index in [0.29, 0.717) is 0 Å². The summed E-state index contributed by atoms with van der Waals surface area (Å²) in [5, 5.41) is 1.35. The fraction of sp³-hybridized carbons (Fsp3) is 0.190. The Balaban J connectivity index is -0.000000259. The van der Waals surface area contributed by atoms with Crippen LogP contribution in [-0.2, 0) is 26.2 Å². The van der Waals surface area contributed by atoms with E-state index < -0.39 is 0 Å². The summed E-state index contributed by atoms with van der Waals surface area (Å²) in [6, 6.07) is 22.9. The molecule has 0 aliphatic rings. The second-order valence-corrected chi connectivity index (χ2v) is 6.09. The molecule has 0 atom stereocenters. The molecular formula is C21H29ClSiZr. The Labute approximate surface area is 177 Å². The molecule has 0 fully saturated rings. The predicted molar refractivity (Wildman–Crippen MR) is 111 cm³/mol. The fourth-order valence-corrected chi connectivity index (χ4v) is 1.95. The van der Waals surface area contributed by atoms with Crippen LogP contribution in [0.3, 0.4) is 0 Å². The summed E-state index contributed by atoms with van der Waals surface area (Å²) < 4.78 is 0. The van der Waals surface area contributed by atoms with Gasteiger partial charge in [0.05, 0.1) is 0 Å². The van der Waals surface area contributed by atoms with Crippen LogP contribution in [0, 0.1) is 35.1 Å². The minimum absolute atomic E-state index is 0. The van der Waals surface area contributed by atoms with Gasteiger partial charge in [-0.1, -0.05) is 63.2 Å². The minimum Gasteiger partial charge on any atom is -0.358 e. The van der Waals surface area contributed by atoms with Crippen molar-refractivity contribution < 1.29 is 26.2 Å². The maximum Gasteiger partial charge on any atom is 3.00 e. The van der Waals surface area contributed by atoms with Crippen LogP contribution in [0.2, 0.25) is 0 Å². The van der Waals surface area contributed by atoms with Crippen molar-refractivity contribution in [3.8, 4) is 0 Å². The standard InChI is InChI=1S/2C7H9.C6H7Si.CH3.ClH.Zr/c2*1-6-4-3-5-7(6)2;7-6-4-2-1-3-5-6;;;/h2*3-5H,1-2H3;1-5H,7H2;1H3;1H;/q2*-1;;-1;;+3. The molecular weight excluding hydrogens is 407 g/mol. The normalized spacial score (nSPS) is 8.04. The molecule has 0 saturated carbocycles. The molecule has 0 amide bonds. The molecule has 3 rings (SSSR count). The van der Waals surface area contributed by atoms with Gasteiger partial charge in [0.25, 0.3) is 0 Å². The third kappa shape index (κ3) is 11.8. The average Bonchev–Trinajstić information content (AvgIpc) is 3.02. The summed E-state index contributed by atoms with van der Waals surface area (Å²) in [6.07, 6.45) is 0. The van der Waals surface area contributed by atoms with Crippen LogP contribution in [0.25, 0.3) is 0 Å².